The van der Waals surface area contributed by atoms with E-state index >= 15 is 0 Å². The molecule has 0 unspecified atom stereocenters. The van der Waals surface area contributed by atoms with Crippen LogP contribution in [0, 0.1) is 6.92 Å². The zero-order chi connectivity index (χ0) is 20.7. The van der Waals surface area contributed by atoms with Gasteiger partial charge >= 0.3 is 5.97 Å². The van der Waals surface area contributed by atoms with Gasteiger partial charge in [0.05, 0.1) is 4.90 Å². The number of ether oxygens (including phenoxy) is 1. The maximum atomic E-state index is 12.3. The van der Waals surface area contributed by atoms with Crippen molar-refractivity contribution in [3.05, 3.63) is 65.7 Å². The van der Waals surface area contributed by atoms with Gasteiger partial charge in [0.1, 0.15) is 6.54 Å². The second kappa shape index (κ2) is 9.48. The molecule has 0 aliphatic rings. The van der Waals surface area contributed by atoms with Crippen molar-refractivity contribution in [3.63, 3.8) is 0 Å². The van der Waals surface area contributed by atoms with Gasteiger partial charge in [-0.05, 0) is 31.5 Å². The first-order valence-electron chi connectivity index (χ1n) is 8.74. The van der Waals surface area contributed by atoms with Gasteiger partial charge in [-0.3, -0.25) is 9.59 Å². The lowest BCUT2D eigenvalue weighted by Gasteiger charge is -2.21. The highest BCUT2D eigenvalue weighted by molar-refractivity contribution is 7.89. The van der Waals surface area contributed by atoms with Gasteiger partial charge in [-0.2, -0.15) is 4.72 Å². The fourth-order valence-corrected chi connectivity index (χ4v) is 3.46. The predicted octanol–water partition coefficient (Wildman–Crippen LogP) is 1.86. The standard InChI is InChI=1S/C20H24N2O5S/c1-15-9-11-18(12-10-15)28(25,26)21-13-19(23)27-16(2)20(24)22(3)14-17-7-5-4-6-8-17/h4-12,16,21H,13-14H2,1-3H3/t16-/m0/s1. The zero-order valence-electron chi connectivity index (χ0n) is 16.1. The maximum absolute atomic E-state index is 12.3. The summed E-state index contributed by atoms with van der Waals surface area (Å²) in [6, 6.07) is 15.6. The minimum atomic E-state index is -3.83. The van der Waals surface area contributed by atoms with E-state index in [0.717, 1.165) is 11.1 Å². The number of carbonyl (C=O) groups is 2. The average molecular weight is 404 g/mol. The van der Waals surface area contributed by atoms with E-state index in [4.69, 9.17) is 4.74 Å². The molecule has 2 rings (SSSR count). The van der Waals surface area contributed by atoms with Crippen LogP contribution in [0.5, 0.6) is 0 Å². The van der Waals surface area contributed by atoms with Crippen LogP contribution in [-0.4, -0.2) is 44.9 Å². The van der Waals surface area contributed by atoms with E-state index in [1.54, 1.807) is 19.2 Å². The highest BCUT2D eigenvalue weighted by Crippen LogP contribution is 2.10. The Bertz CT molecular complexity index is 911. The summed E-state index contributed by atoms with van der Waals surface area (Å²) in [5, 5.41) is 0. The Kier molecular flexibility index (Phi) is 7.31. The molecule has 0 fully saturated rings. The Hall–Kier alpha value is -2.71. The first-order chi connectivity index (χ1) is 13.2. The van der Waals surface area contributed by atoms with Crippen LogP contribution in [0.3, 0.4) is 0 Å². The van der Waals surface area contributed by atoms with Gasteiger partial charge in [-0.1, -0.05) is 48.0 Å². The number of sulfonamides is 1. The molecular weight excluding hydrogens is 380 g/mol. The third-order valence-corrected chi connectivity index (χ3v) is 5.45. The van der Waals surface area contributed by atoms with Crippen molar-refractivity contribution in [3.8, 4) is 0 Å². The van der Waals surface area contributed by atoms with Crippen LogP contribution in [0.2, 0.25) is 0 Å². The molecule has 7 nitrogen and oxygen atoms in total. The van der Waals surface area contributed by atoms with Crippen LogP contribution in [0.25, 0.3) is 0 Å². The summed E-state index contributed by atoms with van der Waals surface area (Å²) in [5.74, 6) is -1.21. The van der Waals surface area contributed by atoms with Crippen LogP contribution >= 0.6 is 0 Å². The van der Waals surface area contributed by atoms with Crippen molar-refractivity contribution < 1.29 is 22.7 Å². The van der Waals surface area contributed by atoms with Gasteiger partial charge in [0.2, 0.25) is 10.0 Å². The monoisotopic (exact) mass is 404 g/mol. The highest BCUT2D eigenvalue weighted by Gasteiger charge is 2.23. The van der Waals surface area contributed by atoms with Crippen molar-refractivity contribution in [1.29, 1.82) is 0 Å². The molecule has 8 heteroatoms. The van der Waals surface area contributed by atoms with Gasteiger partial charge < -0.3 is 9.64 Å². The van der Waals surface area contributed by atoms with Crippen molar-refractivity contribution in [1.82, 2.24) is 9.62 Å². The molecular formula is C20H24N2O5S. The fraction of sp³-hybridized carbons (Fsp3) is 0.300. The summed E-state index contributed by atoms with van der Waals surface area (Å²) in [5.41, 5.74) is 1.87. The topological polar surface area (TPSA) is 92.8 Å². The number of hydrogen-bond acceptors (Lipinski definition) is 5. The van der Waals surface area contributed by atoms with Gasteiger partial charge in [0, 0.05) is 13.6 Å². The molecule has 0 saturated carbocycles. The van der Waals surface area contributed by atoms with E-state index in [1.807, 2.05) is 37.3 Å². The second-order valence-electron chi connectivity index (χ2n) is 6.45. The van der Waals surface area contributed by atoms with Crippen LogP contribution in [-0.2, 0) is 30.9 Å². The largest absolute Gasteiger partial charge is 0.452 e. The zero-order valence-corrected chi connectivity index (χ0v) is 16.9. The molecule has 0 radical (unpaired) electrons. The molecule has 2 aromatic carbocycles. The van der Waals surface area contributed by atoms with Crippen LogP contribution in [0.15, 0.2) is 59.5 Å². The molecule has 150 valence electrons. The smallest absolute Gasteiger partial charge is 0.321 e. The first kappa shape index (κ1) is 21.6. The van der Waals surface area contributed by atoms with E-state index in [2.05, 4.69) is 4.72 Å². The molecule has 0 aliphatic heterocycles. The van der Waals surface area contributed by atoms with Crippen molar-refractivity contribution in [2.75, 3.05) is 13.6 Å². The number of amides is 1. The minimum absolute atomic E-state index is 0.0534. The highest BCUT2D eigenvalue weighted by atomic mass is 32.2. The third-order valence-electron chi connectivity index (χ3n) is 4.03. The molecule has 2 aromatic rings. The van der Waals surface area contributed by atoms with Gasteiger partial charge in [0.25, 0.3) is 5.91 Å². The lowest BCUT2D eigenvalue weighted by atomic mass is 10.2. The maximum Gasteiger partial charge on any atom is 0.321 e. The van der Waals surface area contributed by atoms with Crippen LogP contribution in [0.1, 0.15) is 18.1 Å². The summed E-state index contributed by atoms with van der Waals surface area (Å²) in [7, 11) is -2.22. The molecule has 0 aromatic heterocycles. The van der Waals surface area contributed by atoms with E-state index in [0.29, 0.717) is 6.54 Å². The molecule has 0 saturated heterocycles. The number of likely N-dealkylation sites (N-methyl/N-ethyl adjacent to an activating group) is 1. The van der Waals surface area contributed by atoms with Gasteiger partial charge in [0.15, 0.2) is 6.10 Å². The summed E-state index contributed by atoms with van der Waals surface area (Å²) < 4.78 is 31.6. The number of nitrogens with one attached hydrogen (secondary N) is 1. The normalized spacial score (nSPS) is 12.2. The van der Waals surface area contributed by atoms with Gasteiger partial charge in [-0.25, -0.2) is 8.42 Å². The Balaban J connectivity index is 1.86. The van der Waals surface area contributed by atoms with E-state index < -0.39 is 28.6 Å². The number of esters is 1. The van der Waals surface area contributed by atoms with E-state index in [9.17, 15) is 18.0 Å². The molecule has 0 spiro atoms. The van der Waals surface area contributed by atoms with Crippen molar-refractivity contribution in [2.45, 2.75) is 31.4 Å². The Morgan fingerprint density at radius 3 is 2.29 bits per heavy atom. The van der Waals surface area contributed by atoms with Gasteiger partial charge in [-0.15, -0.1) is 0 Å². The summed E-state index contributed by atoms with van der Waals surface area (Å²) >= 11 is 0. The lowest BCUT2D eigenvalue weighted by Crippen LogP contribution is -2.39. The van der Waals surface area contributed by atoms with Crippen molar-refractivity contribution >= 4 is 21.9 Å². The molecule has 28 heavy (non-hydrogen) atoms. The number of nitrogens with zero attached hydrogens (tertiary/aromatic N) is 1. The fourth-order valence-electron chi connectivity index (χ4n) is 2.49. The SMILES string of the molecule is Cc1ccc(S(=O)(=O)NCC(=O)O[C@@H](C)C(=O)N(C)Cc2ccccc2)cc1. The predicted molar refractivity (Wildman–Crippen MR) is 105 cm³/mol. The van der Waals surface area contributed by atoms with E-state index in [-0.39, 0.29) is 10.8 Å². The van der Waals surface area contributed by atoms with Crippen molar-refractivity contribution in [2.24, 2.45) is 0 Å². The van der Waals surface area contributed by atoms with Crippen LogP contribution in [0.4, 0.5) is 0 Å². The van der Waals surface area contributed by atoms with Crippen LogP contribution < -0.4 is 4.72 Å². The van der Waals surface area contributed by atoms with E-state index in [1.165, 1.54) is 24.0 Å². The summed E-state index contributed by atoms with van der Waals surface area (Å²) in [6.07, 6.45) is -1.02. The second-order valence-corrected chi connectivity index (χ2v) is 8.22. The minimum Gasteiger partial charge on any atom is -0.452 e. The molecule has 0 bridgehead atoms. The molecule has 1 atom stereocenters. The Morgan fingerprint density at radius 2 is 1.68 bits per heavy atom. The number of rotatable bonds is 8. The first-order valence-corrected chi connectivity index (χ1v) is 10.2. The Labute approximate surface area is 165 Å². The number of carbonyl (C=O) groups excluding carboxylic acids is 2. The summed E-state index contributed by atoms with van der Waals surface area (Å²) in [6.45, 7) is 3.11. The number of hydrogen-bond donors (Lipinski definition) is 1. The lowest BCUT2D eigenvalue weighted by molar-refractivity contribution is -0.157. The number of benzene rings is 2. The molecule has 0 heterocycles. The number of aryl methyl sites for hydroxylation is 1. The Morgan fingerprint density at radius 1 is 1.07 bits per heavy atom. The molecule has 0 aliphatic carbocycles. The quantitative estimate of drug-likeness (QED) is 0.678. The summed E-state index contributed by atoms with van der Waals surface area (Å²) in [4.78, 5) is 25.8. The molecule has 1 amide bonds. The average Bonchev–Trinajstić information content (AvgIpc) is 2.67. The molecule has 1 N–H and O–H groups in total. The third kappa shape index (κ3) is 6.17.